The van der Waals surface area contributed by atoms with Crippen LogP contribution in [0.3, 0.4) is 0 Å². The second-order valence-corrected chi connectivity index (χ2v) is 4.06. The Bertz CT molecular complexity index is 470. The summed E-state index contributed by atoms with van der Waals surface area (Å²) in [4.78, 5) is 4.43. The lowest BCUT2D eigenvalue weighted by Crippen LogP contribution is -2.16. The minimum absolute atomic E-state index is 0.809. The summed E-state index contributed by atoms with van der Waals surface area (Å²) in [7, 11) is 1.73. The molecule has 1 aromatic heterocycles. The van der Waals surface area contributed by atoms with Crippen LogP contribution in [-0.4, -0.2) is 25.2 Å². The number of fused-ring (bicyclic) bond motifs is 1. The van der Waals surface area contributed by atoms with Crippen LogP contribution in [0.4, 0.5) is 0 Å². The molecule has 0 bridgehead atoms. The van der Waals surface area contributed by atoms with Crippen molar-refractivity contribution in [3.05, 3.63) is 42.1 Å². The summed E-state index contributed by atoms with van der Waals surface area (Å²) >= 11 is 0. The molecule has 2 aromatic rings. The molecule has 0 radical (unpaired) electrons. The van der Waals surface area contributed by atoms with E-state index in [4.69, 9.17) is 4.74 Å². The highest BCUT2D eigenvalue weighted by Gasteiger charge is 1.97. The van der Waals surface area contributed by atoms with Crippen molar-refractivity contribution in [2.75, 3.05) is 20.3 Å². The zero-order chi connectivity index (χ0) is 11.9. The van der Waals surface area contributed by atoms with E-state index >= 15 is 0 Å². The molecule has 1 heterocycles. The molecule has 0 saturated heterocycles. The maximum absolute atomic E-state index is 5.00. The van der Waals surface area contributed by atoms with Crippen LogP contribution in [0.5, 0.6) is 0 Å². The van der Waals surface area contributed by atoms with Crippen LogP contribution in [0.15, 0.2) is 36.5 Å². The van der Waals surface area contributed by atoms with Crippen molar-refractivity contribution >= 4 is 10.9 Å². The second kappa shape index (κ2) is 6.33. The quantitative estimate of drug-likeness (QED) is 0.774. The topological polar surface area (TPSA) is 34.1 Å². The molecule has 2 rings (SSSR count). The minimum atomic E-state index is 0.809. The second-order valence-electron chi connectivity index (χ2n) is 4.06. The van der Waals surface area contributed by atoms with Crippen molar-refractivity contribution in [1.29, 1.82) is 0 Å². The van der Waals surface area contributed by atoms with E-state index in [9.17, 15) is 0 Å². The standard InChI is InChI=1S/C14H18N2O/c1-17-8-4-7-15-10-12-9-13-5-2-3-6-14(13)16-11-12/h2-3,5-6,9,11,15H,4,7-8,10H2,1H3. The summed E-state index contributed by atoms with van der Waals surface area (Å²) in [6.07, 6.45) is 2.98. The van der Waals surface area contributed by atoms with Crippen molar-refractivity contribution < 1.29 is 4.74 Å². The van der Waals surface area contributed by atoms with Gasteiger partial charge in [0.05, 0.1) is 5.52 Å². The average Bonchev–Trinajstić information content (AvgIpc) is 2.38. The highest BCUT2D eigenvalue weighted by Crippen LogP contribution is 2.12. The number of para-hydroxylation sites is 1. The Balaban J connectivity index is 1.90. The Morgan fingerprint density at radius 2 is 2.18 bits per heavy atom. The fourth-order valence-electron chi connectivity index (χ4n) is 1.79. The molecule has 0 amide bonds. The molecule has 0 spiro atoms. The molecule has 0 aliphatic rings. The van der Waals surface area contributed by atoms with Crippen molar-refractivity contribution in [3.8, 4) is 0 Å². The first kappa shape index (κ1) is 12.0. The van der Waals surface area contributed by atoms with Gasteiger partial charge in [-0.2, -0.15) is 0 Å². The SMILES string of the molecule is COCCCNCc1cnc2ccccc2c1. The summed E-state index contributed by atoms with van der Waals surface area (Å²) in [6.45, 7) is 2.64. The number of pyridine rings is 1. The maximum atomic E-state index is 5.00. The Morgan fingerprint density at radius 3 is 3.06 bits per heavy atom. The zero-order valence-electron chi connectivity index (χ0n) is 10.1. The Hall–Kier alpha value is -1.45. The van der Waals surface area contributed by atoms with Crippen LogP contribution < -0.4 is 5.32 Å². The van der Waals surface area contributed by atoms with Crippen LogP contribution in [0.25, 0.3) is 10.9 Å². The number of ether oxygens (including phenoxy) is 1. The number of rotatable bonds is 6. The maximum Gasteiger partial charge on any atom is 0.0702 e. The summed E-state index contributed by atoms with van der Waals surface area (Å²) in [5, 5.41) is 4.58. The number of nitrogens with zero attached hydrogens (tertiary/aromatic N) is 1. The van der Waals surface area contributed by atoms with E-state index in [-0.39, 0.29) is 0 Å². The van der Waals surface area contributed by atoms with Crippen molar-refractivity contribution in [1.82, 2.24) is 10.3 Å². The van der Waals surface area contributed by atoms with E-state index < -0.39 is 0 Å². The molecule has 0 fully saturated rings. The van der Waals surface area contributed by atoms with Gasteiger partial charge in [0.2, 0.25) is 0 Å². The van der Waals surface area contributed by atoms with Gasteiger partial charge in [0, 0.05) is 31.8 Å². The predicted octanol–water partition coefficient (Wildman–Crippen LogP) is 2.36. The largest absolute Gasteiger partial charge is 0.385 e. The van der Waals surface area contributed by atoms with Crippen LogP contribution >= 0.6 is 0 Å². The first-order valence-electron chi connectivity index (χ1n) is 5.93. The van der Waals surface area contributed by atoms with E-state index in [1.54, 1.807) is 7.11 Å². The average molecular weight is 230 g/mol. The van der Waals surface area contributed by atoms with Gasteiger partial charge in [-0.25, -0.2) is 0 Å². The van der Waals surface area contributed by atoms with Gasteiger partial charge in [-0.15, -0.1) is 0 Å². The van der Waals surface area contributed by atoms with Gasteiger partial charge >= 0.3 is 0 Å². The molecule has 0 aliphatic carbocycles. The smallest absolute Gasteiger partial charge is 0.0702 e. The monoisotopic (exact) mass is 230 g/mol. The number of aromatic nitrogens is 1. The van der Waals surface area contributed by atoms with Crippen LogP contribution in [0.1, 0.15) is 12.0 Å². The van der Waals surface area contributed by atoms with Gasteiger partial charge in [0.25, 0.3) is 0 Å². The Labute approximate surface area is 102 Å². The lowest BCUT2D eigenvalue weighted by Gasteiger charge is -2.05. The van der Waals surface area contributed by atoms with Gasteiger partial charge < -0.3 is 10.1 Å². The van der Waals surface area contributed by atoms with Crippen molar-refractivity contribution in [3.63, 3.8) is 0 Å². The highest BCUT2D eigenvalue weighted by atomic mass is 16.5. The molecule has 0 unspecified atom stereocenters. The molecule has 0 atom stereocenters. The molecule has 1 N–H and O–H groups in total. The van der Waals surface area contributed by atoms with E-state index in [1.165, 1.54) is 10.9 Å². The lowest BCUT2D eigenvalue weighted by molar-refractivity contribution is 0.194. The number of hydrogen-bond acceptors (Lipinski definition) is 3. The summed E-state index contributed by atoms with van der Waals surface area (Å²) in [5.74, 6) is 0. The summed E-state index contributed by atoms with van der Waals surface area (Å²) in [6, 6.07) is 10.4. The highest BCUT2D eigenvalue weighted by molar-refractivity contribution is 5.78. The lowest BCUT2D eigenvalue weighted by atomic mass is 10.1. The number of nitrogens with one attached hydrogen (secondary N) is 1. The van der Waals surface area contributed by atoms with Crippen molar-refractivity contribution in [2.24, 2.45) is 0 Å². The predicted molar refractivity (Wildman–Crippen MR) is 69.9 cm³/mol. The Morgan fingerprint density at radius 1 is 1.29 bits per heavy atom. The third kappa shape index (κ3) is 3.51. The number of benzene rings is 1. The minimum Gasteiger partial charge on any atom is -0.385 e. The van der Waals surface area contributed by atoms with Gasteiger partial charge in [-0.3, -0.25) is 4.98 Å². The third-order valence-corrected chi connectivity index (χ3v) is 2.68. The van der Waals surface area contributed by atoms with Gasteiger partial charge in [0.1, 0.15) is 0 Å². The van der Waals surface area contributed by atoms with E-state index in [1.807, 2.05) is 24.4 Å². The van der Waals surface area contributed by atoms with Gasteiger partial charge in [-0.05, 0) is 30.7 Å². The summed E-state index contributed by atoms with van der Waals surface area (Å²) < 4.78 is 5.00. The molecular weight excluding hydrogens is 212 g/mol. The Kier molecular flexibility index (Phi) is 4.47. The van der Waals surface area contributed by atoms with E-state index in [0.29, 0.717) is 0 Å². The normalized spacial score (nSPS) is 10.9. The van der Waals surface area contributed by atoms with Crippen LogP contribution in [-0.2, 0) is 11.3 Å². The third-order valence-electron chi connectivity index (χ3n) is 2.68. The first-order valence-corrected chi connectivity index (χ1v) is 5.93. The molecule has 1 aromatic carbocycles. The molecular formula is C14H18N2O. The number of methoxy groups -OCH3 is 1. The van der Waals surface area contributed by atoms with Gasteiger partial charge in [-0.1, -0.05) is 18.2 Å². The fraction of sp³-hybridized carbons (Fsp3) is 0.357. The van der Waals surface area contributed by atoms with Crippen LogP contribution in [0, 0.1) is 0 Å². The van der Waals surface area contributed by atoms with Crippen LogP contribution in [0.2, 0.25) is 0 Å². The first-order chi connectivity index (χ1) is 8.40. The molecule has 0 saturated carbocycles. The molecule has 17 heavy (non-hydrogen) atoms. The van der Waals surface area contributed by atoms with Crippen molar-refractivity contribution in [2.45, 2.75) is 13.0 Å². The molecule has 0 aliphatic heterocycles. The summed E-state index contributed by atoms with van der Waals surface area (Å²) in [5.41, 5.74) is 2.27. The number of hydrogen-bond donors (Lipinski definition) is 1. The fourth-order valence-corrected chi connectivity index (χ4v) is 1.79. The molecule has 90 valence electrons. The molecule has 3 nitrogen and oxygen atoms in total. The van der Waals surface area contributed by atoms with Gasteiger partial charge in [0.15, 0.2) is 0 Å². The zero-order valence-corrected chi connectivity index (χ0v) is 10.1. The van der Waals surface area contributed by atoms with E-state index in [0.717, 1.165) is 31.6 Å². The van der Waals surface area contributed by atoms with E-state index in [2.05, 4.69) is 22.4 Å². The molecule has 3 heteroatoms.